The largest absolute Gasteiger partial charge is 0.335 e. The number of likely N-dealkylation sites (tertiary alicyclic amines) is 1. The third-order valence-electron chi connectivity index (χ3n) is 4.87. The molecule has 1 aliphatic carbocycles. The second kappa shape index (κ2) is 6.50. The van der Waals surface area contributed by atoms with Crippen LogP contribution in [0, 0.1) is 6.92 Å². The molecule has 0 bridgehead atoms. The molecule has 2 aliphatic rings. The zero-order chi connectivity index (χ0) is 14.7. The topological polar surface area (TPSA) is 32.3 Å². The Hall–Kier alpha value is -1.51. The van der Waals surface area contributed by atoms with Crippen molar-refractivity contribution in [2.45, 2.75) is 64.0 Å². The van der Waals surface area contributed by atoms with Crippen molar-refractivity contribution < 1.29 is 4.79 Å². The van der Waals surface area contributed by atoms with Crippen LogP contribution in [0.5, 0.6) is 0 Å². The Balaban J connectivity index is 1.67. The zero-order valence-electron chi connectivity index (χ0n) is 13.0. The zero-order valence-corrected chi connectivity index (χ0v) is 13.0. The molecule has 114 valence electrons. The number of urea groups is 1. The van der Waals surface area contributed by atoms with E-state index >= 15 is 0 Å². The first-order chi connectivity index (χ1) is 10.2. The molecule has 1 aromatic carbocycles. The van der Waals surface area contributed by atoms with Crippen LogP contribution >= 0.6 is 0 Å². The lowest BCUT2D eigenvalue weighted by Gasteiger charge is -2.29. The van der Waals surface area contributed by atoms with E-state index in [4.69, 9.17) is 0 Å². The second-order valence-corrected chi connectivity index (χ2v) is 6.55. The Morgan fingerprint density at radius 1 is 1.14 bits per heavy atom. The van der Waals surface area contributed by atoms with E-state index in [0.29, 0.717) is 6.04 Å². The molecule has 0 aromatic heterocycles. The smallest absolute Gasteiger partial charge is 0.318 e. The van der Waals surface area contributed by atoms with E-state index in [9.17, 15) is 4.79 Å². The monoisotopic (exact) mass is 286 g/mol. The Morgan fingerprint density at radius 3 is 2.71 bits per heavy atom. The predicted molar refractivity (Wildman–Crippen MR) is 85.3 cm³/mol. The lowest BCUT2D eigenvalue weighted by molar-refractivity contribution is 0.185. The molecule has 1 N–H and O–H groups in total. The summed E-state index contributed by atoms with van der Waals surface area (Å²) in [6, 6.07) is 9.38. The molecule has 3 rings (SSSR count). The van der Waals surface area contributed by atoms with Gasteiger partial charge in [0.25, 0.3) is 0 Å². The number of aryl methyl sites for hydroxylation is 1. The van der Waals surface area contributed by atoms with Crippen molar-refractivity contribution in [2.24, 2.45) is 0 Å². The Bertz CT molecular complexity index is 494. The summed E-state index contributed by atoms with van der Waals surface area (Å²) in [6.45, 7) is 3.00. The number of benzene rings is 1. The first kappa shape index (κ1) is 14.4. The molecule has 3 nitrogen and oxygen atoms in total. The molecule has 3 heteroatoms. The Kier molecular flexibility index (Phi) is 4.47. The normalized spacial score (nSPS) is 23.3. The summed E-state index contributed by atoms with van der Waals surface area (Å²) in [6.07, 6.45) is 8.32. The molecule has 0 radical (unpaired) electrons. The SMILES string of the molecule is Cc1cccc([C@H]2CCCN2C(=O)NC2CCCCC2)c1. The molecule has 1 atom stereocenters. The van der Waals surface area contributed by atoms with Crippen LogP contribution in [0.4, 0.5) is 4.79 Å². The van der Waals surface area contributed by atoms with E-state index < -0.39 is 0 Å². The molecule has 1 aromatic rings. The van der Waals surface area contributed by atoms with Gasteiger partial charge >= 0.3 is 6.03 Å². The number of nitrogens with one attached hydrogen (secondary N) is 1. The molecular formula is C18H26N2O. The van der Waals surface area contributed by atoms with Crippen molar-refractivity contribution in [3.05, 3.63) is 35.4 Å². The maximum Gasteiger partial charge on any atom is 0.318 e. The number of hydrogen-bond donors (Lipinski definition) is 1. The van der Waals surface area contributed by atoms with Crippen LogP contribution in [0.3, 0.4) is 0 Å². The third-order valence-corrected chi connectivity index (χ3v) is 4.87. The summed E-state index contributed by atoms with van der Waals surface area (Å²) >= 11 is 0. The second-order valence-electron chi connectivity index (χ2n) is 6.55. The van der Waals surface area contributed by atoms with Crippen LogP contribution in [0.25, 0.3) is 0 Å². The van der Waals surface area contributed by atoms with Crippen molar-refractivity contribution in [2.75, 3.05) is 6.54 Å². The molecule has 1 aliphatic heterocycles. The van der Waals surface area contributed by atoms with Crippen LogP contribution in [-0.2, 0) is 0 Å². The average molecular weight is 286 g/mol. The van der Waals surface area contributed by atoms with Gasteiger partial charge in [-0.05, 0) is 38.2 Å². The molecule has 0 unspecified atom stereocenters. The number of amides is 2. The van der Waals surface area contributed by atoms with Gasteiger partial charge in [-0.15, -0.1) is 0 Å². The van der Waals surface area contributed by atoms with Gasteiger partial charge in [-0.25, -0.2) is 4.79 Å². The van der Waals surface area contributed by atoms with Gasteiger partial charge in [0.15, 0.2) is 0 Å². The fourth-order valence-corrected chi connectivity index (χ4v) is 3.74. The van der Waals surface area contributed by atoms with Gasteiger partial charge < -0.3 is 10.2 Å². The third kappa shape index (κ3) is 3.39. The lowest BCUT2D eigenvalue weighted by Crippen LogP contribution is -2.45. The first-order valence-electron chi connectivity index (χ1n) is 8.38. The van der Waals surface area contributed by atoms with Gasteiger partial charge in [0.05, 0.1) is 6.04 Å². The summed E-state index contributed by atoms with van der Waals surface area (Å²) in [7, 11) is 0. The summed E-state index contributed by atoms with van der Waals surface area (Å²) in [5.74, 6) is 0. The highest BCUT2D eigenvalue weighted by Crippen LogP contribution is 2.32. The average Bonchev–Trinajstić information content (AvgIpc) is 2.98. The Labute approximate surface area is 127 Å². The maximum absolute atomic E-state index is 12.6. The van der Waals surface area contributed by atoms with Crippen molar-refractivity contribution in [1.82, 2.24) is 10.2 Å². The van der Waals surface area contributed by atoms with Crippen molar-refractivity contribution in [3.8, 4) is 0 Å². The first-order valence-corrected chi connectivity index (χ1v) is 8.38. The molecule has 1 saturated heterocycles. The van der Waals surface area contributed by atoms with E-state index in [1.807, 2.05) is 4.90 Å². The standard InChI is InChI=1S/C18H26N2O/c1-14-7-5-8-15(13-14)17-11-6-12-20(17)18(21)19-16-9-3-2-4-10-16/h5,7-8,13,16-17H,2-4,6,9-12H2,1H3,(H,19,21)/t17-/m1/s1. The van der Waals surface area contributed by atoms with Gasteiger partial charge in [-0.3, -0.25) is 0 Å². The molecule has 21 heavy (non-hydrogen) atoms. The molecule has 1 heterocycles. The highest BCUT2D eigenvalue weighted by atomic mass is 16.2. The van der Waals surface area contributed by atoms with Gasteiger partial charge in [0.1, 0.15) is 0 Å². The quantitative estimate of drug-likeness (QED) is 0.869. The minimum absolute atomic E-state index is 0.144. The van der Waals surface area contributed by atoms with E-state index in [1.165, 1.54) is 30.4 Å². The lowest BCUT2D eigenvalue weighted by atomic mass is 9.95. The van der Waals surface area contributed by atoms with Crippen LogP contribution in [-0.4, -0.2) is 23.5 Å². The van der Waals surface area contributed by atoms with Crippen molar-refractivity contribution >= 4 is 6.03 Å². The highest BCUT2D eigenvalue weighted by molar-refractivity contribution is 5.75. The number of nitrogens with zero attached hydrogens (tertiary/aromatic N) is 1. The van der Waals surface area contributed by atoms with Crippen LogP contribution < -0.4 is 5.32 Å². The van der Waals surface area contributed by atoms with Crippen molar-refractivity contribution in [1.29, 1.82) is 0 Å². The summed E-state index contributed by atoms with van der Waals surface area (Å²) in [5, 5.41) is 3.26. The fraction of sp³-hybridized carbons (Fsp3) is 0.611. The van der Waals surface area contributed by atoms with Crippen molar-refractivity contribution in [3.63, 3.8) is 0 Å². The maximum atomic E-state index is 12.6. The van der Waals surface area contributed by atoms with E-state index in [0.717, 1.165) is 32.2 Å². The molecule has 1 saturated carbocycles. The van der Waals surface area contributed by atoms with E-state index in [-0.39, 0.29) is 12.1 Å². The summed E-state index contributed by atoms with van der Waals surface area (Å²) in [5.41, 5.74) is 2.55. The van der Waals surface area contributed by atoms with Gasteiger partial charge in [-0.1, -0.05) is 49.1 Å². The molecular weight excluding hydrogens is 260 g/mol. The Morgan fingerprint density at radius 2 is 1.95 bits per heavy atom. The number of carbonyl (C=O) groups excluding carboxylic acids is 1. The predicted octanol–water partition coefficient (Wildman–Crippen LogP) is 4.17. The minimum atomic E-state index is 0.144. The molecule has 0 spiro atoms. The number of rotatable bonds is 2. The summed E-state index contributed by atoms with van der Waals surface area (Å²) in [4.78, 5) is 14.6. The van der Waals surface area contributed by atoms with Crippen LogP contribution in [0.2, 0.25) is 0 Å². The van der Waals surface area contributed by atoms with Crippen LogP contribution in [0.15, 0.2) is 24.3 Å². The minimum Gasteiger partial charge on any atom is -0.335 e. The highest BCUT2D eigenvalue weighted by Gasteiger charge is 2.31. The van der Waals surface area contributed by atoms with Crippen LogP contribution in [0.1, 0.15) is 62.1 Å². The van der Waals surface area contributed by atoms with Gasteiger partial charge in [0.2, 0.25) is 0 Å². The number of hydrogen-bond acceptors (Lipinski definition) is 1. The van der Waals surface area contributed by atoms with E-state index in [2.05, 4.69) is 36.5 Å². The number of carbonyl (C=O) groups is 1. The van der Waals surface area contributed by atoms with Gasteiger partial charge in [-0.2, -0.15) is 0 Å². The van der Waals surface area contributed by atoms with Gasteiger partial charge in [0, 0.05) is 12.6 Å². The fourth-order valence-electron chi connectivity index (χ4n) is 3.74. The summed E-state index contributed by atoms with van der Waals surface area (Å²) < 4.78 is 0. The molecule has 2 amide bonds. The molecule has 2 fully saturated rings. The van der Waals surface area contributed by atoms with E-state index in [1.54, 1.807) is 0 Å².